The summed E-state index contributed by atoms with van der Waals surface area (Å²) in [6.07, 6.45) is 0. The van der Waals surface area contributed by atoms with Crippen molar-refractivity contribution in [3.05, 3.63) is 115 Å². The molecule has 5 aromatic rings. The lowest BCUT2D eigenvalue weighted by Gasteiger charge is -2.44. The third-order valence-corrected chi connectivity index (χ3v) is 7.79. The van der Waals surface area contributed by atoms with Gasteiger partial charge in [0, 0.05) is 29.2 Å². The maximum atomic E-state index is 5.72. The number of methoxy groups -OCH3 is 2. The molecule has 0 unspecified atom stereocenters. The molecule has 3 nitrogen and oxygen atoms in total. The highest BCUT2D eigenvalue weighted by molar-refractivity contribution is 7.02. The van der Waals surface area contributed by atoms with Crippen LogP contribution in [-0.2, 0) is 0 Å². The maximum Gasteiger partial charge on any atom is 0.246 e. The molecule has 0 amide bonds. The smallest absolute Gasteiger partial charge is 0.246 e. The first-order valence-corrected chi connectivity index (χ1v) is 12.7. The van der Waals surface area contributed by atoms with E-state index in [0.717, 1.165) is 22.9 Å². The van der Waals surface area contributed by atoms with Crippen molar-refractivity contribution in [1.29, 1.82) is 0 Å². The zero-order valence-corrected chi connectivity index (χ0v) is 20.9. The highest BCUT2D eigenvalue weighted by Gasteiger charge is 2.43. The van der Waals surface area contributed by atoms with Gasteiger partial charge in [-0.2, -0.15) is 0 Å². The Morgan fingerprint density at radius 3 is 1.38 bits per heavy atom. The predicted molar refractivity (Wildman–Crippen MR) is 156 cm³/mol. The highest BCUT2D eigenvalue weighted by Crippen LogP contribution is 2.39. The molecule has 0 N–H and O–H groups in total. The van der Waals surface area contributed by atoms with E-state index in [1.165, 1.54) is 38.5 Å². The molecule has 0 saturated carbocycles. The number of nitrogens with zero attached hydrogens (tertiary/aromatic N) is 1. The normalized spacial score (nSPS) is 13.0. The van der Waals surface area contributed by atoms with Gasteiger partial charge in [-0.1, -0.05) is 102 Å². The average Bonchev–Trinajstić information content (AvgIpc) is 2.97. The SMILES string of the molecule is COc1ccc2c(c1)N1c3cc(OC)ccc3B(c3ccccc3)c3cccc(c31)B2c1ccccc1. The van der Waals surface area contributed by atoms with Gasteiger partial charge in [0.1, 0.15) is 11.5 Å². The number of benzene rings is 5. The minimum Gasteiger partial charge on any atom is -0.497 e. The van der Waals surface area contributed by atoms with Gasteiger partial charge in [0.2, 0.25) is 13.4 Å². The molecule has 2 aliphatic rings. The molecule has 37 heavy (non-hydrogen) atoms. The van der Waals surface area contributed by atoms with Crippen LogP contribution in [-0.4, -0.2) is 27.6 Å². The number of fused-ring (bicyclic) bond motifs is 4. The van der Waals surface area contributed by atoms with E-state index in [0.29, 0.717) is 0 Å². The lowest BCUT2D eigenvalue weighted by molar-refractivity contribution is 0.415. The summed E-state index contributed by atoms with van der Waals surface area (Å²) < 4.78 is 11.4. The van der Waals surface area contributed by atoms with Gasteiger partial charge in [-0.3, -0.25) is 0 Å². The Bertz CT molecular complexity index is 1500. The molecule has 0 aliphatic carbocycles. The predicted octanol–water partition coefficient (Wildman–Crippen LogP) is 2.83. The second kappa shape index (κ2) is 8.63. The monoisotopic (exact) mass is 477 g/mol. The molecule has 2 heterocycles. The summed E-state index contributed by atoms with van der Waals surface area (Å²) in [6.45, 7) is 0.244. The van der Waals surface area contributed by atoms with Crippen LogP contribution in [0, 0.1) is 0 Å². The Kier molecular flexibility index (Phi) is 5.10. The first kappa shape index (κ1) is 21.9. The molecule has 5 aromatic carbocycles. The number of hydrogen-bond donors (Lipinski definition) is 0. The van der Waals surface area contributed by atoms with Gasteiger partial charge in [-0.25, -0.2) is 0 Å². The molecule has 0 radical (unpaired) electrons. The summed E-state index contributed by atoms with van der Waals surface area (Å²) in [7, 11) is 3.47. The fraction of sp³-hybridized carbons (Fsp3) is 0.0625. The fourth-order valence-electron chi connectivity index (χ4n) is 6.20. The zero-order chi connectivity index (χ0) is 24.9. The minimum atomic E-state index is 0.122. The lowest BCUT2D eigenvalue weighted by Crippen LogP contribution is -2.64. The Balaban J connectivity index is 1.59. The Labute approximate surface area is 218 Å². The van der Waals surface area contributed by atoms with E-state index in [2.05, 4.69) is 120 Å². The zero-order valence-electron chi connectivity index (χ0n) is 20.9. The van der Waals surface area contributed by atoms with Gasteiger partial charge < -0.3 is 14.4 Å². The largest absolute Gasteiger partial charge is 0.497 e. The Morgan fingerprint density at radius 1 is 0.486 bits per heavy atom. The number of anilines is 3. The van der Waals surface area contributed by atoms with E-state index in [-0.39, 0.29) is 13.4 Å². The van der Waals surface area contributed by atoms with Crippen molar-refractivity contribution >= 4 is 63.3 Å². The van der Waals surface area contributed by atoms with Crippen LogP contribution in [0.25, 0.3) is 0 Å². The number of hydrogen-bond acceptors (Lipinski definition) is 3. The lowest BCUT2D eigenvalue weighted by atomic mass is 9.30. The topological polar surface area (TPSA) is 21.7 Å². The van der Waals surface area contributed by atoms with Gasteiger partial charge in [0.15, 0.2) is 0 Å². The van der Waals surface area contributed by atoms with Crippen molar-refractivity contribution in [2.45, 2.75) is 0 Å². The second-order valence-corrected chi connectivity index (χ2v) is 9.66. The van der Waals surface area contributed by atoms with E-state index in [1.54, 1.807) is 14.2 Å². The molecular formula is C32H25B2NO2. The van der Waals surface area contributed by atoms with Crippen LogP contribution in [0.4, 0.5) is 17.1 Å². The van der Waals surface area contributed by atoms with E-state index in [1.807, 2.05) is 0 Å². The first-order valence-electron chi connectivity index (χ1n) is 12.7. The molecule has 0 fully saturated rings. The molecule has 2 aliphatic heterocycles. The van der Waals surface area contributed by atoms with Crippen LogP contribution in [0.1, 0.15) is 0 Å². The van der Waals surface area contributed by atoms with E-state index >= 15 is 0 Å². The van der Waals surface area contributed by atoms with Gasteiger partial charge in [-0.05, 0) is 34.0 Å². The van der Waals surface area contributed by atoms with Crippen LogP contribution in [0.15, 0.2) is 115 Å². The van der Waals surface area contributed by atoms with E-state index in [4.69, 9.17) is 9.47 Å². The maximum absolute atomic E-state index is 5.72. The molecule has 7 rings (SSSR count). The van der Waals surface area contributed by atoms with Gasteiger partial charge in [0.25, 0.3) is 0 Å². The second-order valence-electron chi connectivity index (χ2n) is 9.66. The van der Waals surface area contributed by atoms with E-state index < -0.39 is 0 Å². The summed E-state index contributed by atoms with van der Waals surface area (Å²) in [5, 5.41) is 0. The standard InChI is InChI=1S/C32H25B2NO2/c1-36-24-16-18-26-30(20-24)35-31-21-25(37-2)17-19-27(31)34(23-12-7-4-8-13-23)29-15-9-14-28(32(29)35)33(26)22-10-5-3-6-11-22/h3-21H,1-2H3. The minimum absolute atomic E-state index is 0.122. The van der Waals surface area contributed by atoms with Crippen LogP contribution in [0.2, 0.25) is 0 Å². The van der Waals surface area contributed by atoms with Crippen molar-refractivity contribution in [2.75, 3.05) is 19.1 Å². The summed E-state index contributed by atoms with van der Waals surface area (Å²) in [4.78, 5) is 2.43. The average molecular weight is 477 g/mol. The van der Waals surface area contributed by atoms with Crippen LogP contribution < -0.4 is 47.2 Å². The third kappa shape index (κ3) is 3.31. The molecule has 5 heteroatoms. The number of para-hydroxylation sites is 1. The van der Waals surface area contributed by atoms with Crippen LogP contribution in [0.5, 0.6) is 11.5 Å². The van der Waals surface area contributed by atoms with E-state index in [9.17, 15) is 0 Å². The molecule has 0 bridgehead atoms. The fourth-order valence-corrected chi connectivity index (χ4v) is 6.20. The summed E-state index contributed by atoms with van der Waals surface area (Å²) in [5.74, 6) is 1.70. The molecule has 0 spiro atoms. The summed E-state index contributed by atoms with van der Waals surface area (Å²) in [5.41, 5.74) is 11.3. The summed E-state index contributed by atoms with van der Waals surface area (Å²) in [6, 6.07) is 41.4. The Hall–Kier alpha value is -4.37. The van der Waals surface area contributed by atoms with Crippen molar-refractivity contribution in [1.82, 2.24) is 0 Å². The van der Waals surface area contributed by atoms with Crippen LogP contribution in [0.3, 0.4) is 0 Å². The third-order valence-electron chi connectivity index (χ3n) is 7.79. The van der Waals surface area contributed by atoms with Crippen molar-refractivity contribution in [3.63, 3.8) is 0 Å². The molecule has 176 valence electrons. The van der Waals surface area contributed by atoms with Crippen LogP contribution >= 0.6 is 0 Å². The molecule has 0 saturated heterocycles. The molecule has 0 atom stereocenters. The van der Waals surface area contributed by atoms with Gasteiger partial charge in [-0.15, -0.1) is 0 Å². The molecular weight excluding hydrogens is 452 g/mol. The van der Waals surface area contributed by atoms with Crippen molar-refractivity contribution < 1.29 is 9.47 Å². The van der Waals surface area contributed by atoms with Gasteiger partial charge >= 0.3 is 0 Å². The first-order chi connectivity index (χ1) is 18.3. The number of ether oxygens (including phenoxy) is 2. The van der Waals surface area contributed by atoms with Gasteiger partial charge in [0.05, 0.1) is 14.2 Å². The summed E-state index contributed by atoms with van der Waals surface area (Å²) >= 11 is 0. The highest BCUT2D eigenvalue weighted by atomic mass is 16.5. The van der Waals surface area contributed by atoms with Crippen molar-refractivity contribution in [3.8, 4) is 11.5 Å². The number of rotatable bonds is 4. The quantitative estimate of drug-likeness (QED) is 0.364. The van der Waals surface area contributed by atoms with Crippen molar-refractivity contribution in [2.24, 2.45) is 0 Å². The molecule has 0 aromatic heterocycles. The Morgan fingerprint density at radius 2 is 0.946 bits per heavy atom.